The first-order valence-electron chi connectivity index (χ1n) is 9.11. The van der Waals surface area contributed by atoms with Crippen molar-refractivity contribution in [3.8, 4) is 0 Å². The van der Waals surface area contributed by atoms with E-state index in [9.17, 15) is 0 Å². The molecule has 0 N–H and O–H groups in total. The summed E-state index contributed by atoms with van der Waals surface area (Å²) >= 11 is 8.24. The van der Waals surface area contributed by atoms with Crippen molar-refractivity contribution in [3.05, 3.63) is 76.8 Å². The number of hydrogen-bond acceptors (Lipinski definition) is 1. The Hall–Kier alpha value is -1.44. The second kappa shape index (κ2) is 5.79. The first-order valence-corrected chi connectivity index (χ1v) is 10.4. The molecule has 1 saturated carbocycles. The van der Waals surface area contributed by atoms with Crippen molar-refractivity contribution in [2.24, 2.45) is 0 Å². The third-order valence-electron chi connectivity index (χ3n) is 6.24. The van der Waals surface area contributed by atoms with E-state index in [1.807, 2.05) is 12.1 Å². The number of thioether (sulfide) groups is 1. The lowest BCUT2D eigenvalue weighted by Gasteiger charge is -2.42. The Morgan fingerprint density at radius 3 is 2.64 bits per heavy atom. The molecule has 0 aromatic heterocycles. The quantitative estimate of drug-likeness (QED) is 0.440. The lowest BCUT2D eigenvalue weighted by molar-refractivity contribution is 0.305. The van der Waals surface area contributed by atoms with Crippen molar-refractivity contribution in [2.75, 3.05) is 0 Å². The van der Waals surface area contributed by atoms with Gasteiger partial charge in [0.2, 0.25) is 0 Å². The molecule has 0 radical (unpaired) electrons. The van der Waals surface area contributed by atoms with Gasteiger partial charge in [-0.25, -0.2) is 0 Å². The van der Waals surface area contributed by atoms with Gasteiger partial charge < -0.3 is 0 Å². The van der Waals surface area contributed by atoms with E-state index in [4.69, 9.17) is 11.6 Å². The Balaban J connectivity index is 1.64. The highest BCUT2D eigenvalue weighted by Crippen LogP contribution is 2.61. The zero-order valence-electron chi connectivity index (χ0n) is 14.3. The predicted octanol–water partition coefficient (Wildman–Crippen LogP) is 7.19. The molecule has 1 aliphatic carbocycles. The van der Waals surface area contributed by atoms with Crippen molar-refractivity contribution >= 4 is 34.1 Å². The molecule has 2 aliphatic rings. The normalized spacial score (nSPS) is 27.9. The van der Waals surface area contributed by atoms with E-state index in [0.29, 0.717) is 11.2 Å². The molecular weight excluding hydrogens is 344 g/mol. The van der Waals surface area contributed by atoms with Crippen LogP contribution in [0.15, 0.2) is 65.6 Å². The molecule has 3 aromatic rings. The molecule has 1 fully saturated rings. The van der Waals surface area contributed by atoms with Gasteiger partial charge in [0.15, 0.2) is 0 Å². The summed E-state index contributed by atoms with van der Waals surface area (Å²) in [6.07, 6.45) is 3.87. The van der Waals surface area contributed by atoms with Crippen LogP contribution < -0.4 is 0 Å². The van der Waals surface area contributed by atoms with Gasteiger partial charge in [-0.3, -0.25) is 0 Å². The Kier molecular flexibility index (Phi) is 3.66. The fraction of sp³-hybridized carbons (Fsp3) is 0.304. The van der Waals surface area contributed by atoms with Gasteiger partial charge >= 0.3 is 0 Å². The van der Waals surface area contributed by atoms with E-state index in [0.717, 1.165) is 5.02 Å². The van der Waals surface area contributed by atoms with Gasteiger partial charge in [-0.05, 0) is 52.8 Å². The second-order valence-electron chi connectivity index (χ2n) is 7.67. The summed E-state index contributed by atoms with van der Waals surface area (Å²) in [7, 11) is 0. The van der Waals surface area contributed by atoms with Crippen LogP contribution >= 0.6 is 23.4 Å². The van der Waals surface area contributed by atoms with Gasteiger partial charge in [0, 0.05) is 20.6 Å². The van der Waals surface area contributed by atoms with Crippen LogP contribution in [0.5, 0.6) is 0 Å². The van der Waals surface area contributed by atoms with Gasteiger partial charge in [-0.1, -0.05) is 73.5 Å². The number of halogens is 1. The SMILES string of the molecule is CC12CCCC(c3ccc(Cl)cc3)C1Sc1c2ccc2ccccc12. The van der Waals surface area contributed by atoms with Crippen molar-refractivity contribution in [1.82, 2.24) is 0 Å². The first-order chi connectivity index (χ1) is 12.2. The zero-order valence-corrected chi connectivity index (χ0v) is 15.9. The third-order valence-corrected chi connectivity index (χ3v) is 8.27. The van der Waals surface area contributed by atoms with Crippen LogP contribution in [0.3, 0.4) is 0 Å². The summed E-state index contributed by atoms with van der Waals surface area (Å²) in [6.45, 7) is 2.49. The van der Waals surface area contributed by atoms with Crippen molar-refractivity contribution in [2.45, 2.75) is 47.7 Å². The zero-order chi connectivity index (χ0) is 17.0. The second-order valence-corrected chi connectivity index (χ2v) is 9.26. The largest absolute Gasteiger partial charge is 0.120 e. The highest BCUT2D eigenvalue weighted by Gasteiger charge is 2.50. The van der Waals surface area contributed by atoms with Crippen LogP contribution in [0.4, 0.5) is 0 Å². The minimum absolute atomic E-state index is 0.270. The number of fused-ring (bicyclic) bond motifs is 5. The predicted molar refractivity (Wildman–Crippen MR) is 109 cm³/mol. The monoisotopic (exact) mass is 364 g/mol. The summed E-state index contributed by atoms with van der Waals surface area (Å²) in [5, 5.41) is 4.23. The summed E-state index contributed by atoms with van der Waals surface area (Å²) in [5.74, 6) is 0.604. The van der Waals surface area contributed by atoms with Crippen LogP contribution in [0, 0.1) is 0 Å². The highest BCUT2D eigenvalue weighted by atomic mass is 35.5. The van der Waals surface area contributed by atoms with Crippen molar-refractivity contribution < 1.29 is 0 Å². The van der Waals surface area contributed by atoms with Gasteiger partial charge in [-0.15, -0.1) is 11.8 Å². The summed E-state index contributed by atoms with van der Waals surface area (Å²) < 4.78 is 0. The van der Waals surface area contributed by atoms with Gasteiger partial charge in [0.1, 0.15) is 0 Å². The van der Waals surface area contributed by atoms with E-state index in [1.54, 1.807) is 5.56 Å². The molecule has 2 heteroatoms. The molecule has 0 bridgehead atoms. The number of rotatable bonds is 1. The van der Waals surface area contributed by atoms with Gasteiger partial charge in [0.05, 0.1) is 0 Å². The van der Waals surface area contributed by atoms with E-state index < -0.39 is 0 Å². The van der Waals surface area contributed by atoms with Crippen LogP contribution in [-0.4, -0.2) is 5.25 Å². The van der Waals surface area contributed by atoms with Crippen molar-refractivity contribution in [3.63, 3.8) is 0 Å². The van der Waals surface area contributed by atoms with Gasteiger partial charge in [-0.2, -0.15) is 0 Å². The molecule has 3 atom stereocenters. The minimum atomic E-state index is 0.270. The Bertz CT molecular complexity index is 946. The van der Waals surface area contributed by atoms with E-state index >= 15 is 0 Å². The summed E-state index contributed by atoms with van der Waals surface area (Å²) in [6, 6.07) is 22.1. The maximum atomic E-state index is 6.12. The van der Waals surface area contributed by atoms with Crippen LogP contribution in [0.25, 0.3) is 10.8 Å². The molecule has 0 amide bonds. The highest BCUT2D eigenvalue weighted by molar-refractivity contribution is 8.00. The smallest absolute Gasteiger partial charge is 0.0406 e. The maximum Gasteiger partial charge on any atom is 0.0406 e. The molecule has 0 spiro atoms. The maximum absolute atomic E-state index is 6.12. The minimum Gasteiger partial charge on any atom is -0.120 e. The topological polar surface area (TPSA) is 0 Å². The molecule has 3 unspecified atom stereocenters. The lowest BCUT2D eigenvalue weighted by atomic mass is 9.65. The fourth-order valence-electron chi connectivity index (χ4n) is 4.93. The molecule has 0 nitrogen and oxygen atoms in total. The lowest BCUT2D eigenvalue weighted by Crippen LogP contribution is -2.38. The van der Waals surface area contributed by atoms with E-state index in [2.05, 4.69) is 67.2 Å². The molecule has 5 rings (SSSR count). The third kappa shape index (κ3) is 2.36. The number of hydrogen-bond donors (Lipinski definition) is 0. The molecule has 1 heterocycles. The summed E-state index contributed by atoms with van der Waals surface area (Å²) in [5.41, 5.74) is 3.29. The number of benzene rings is 3. The Morgan fingerprint density at radius 1 is 1.00 bits per heavy atom. The first kappa shape index (κ1) is 15.8. The molecule has 0 saturated heterocycles. The van der Waals surface area contributed by atoms with E-state index in [1.165, 1.54) is 40.5 Å². The molecular formula is C23H21ClS. The van der Waals surface area contributed by atoms with Crippen LogP contribution in [0.2, 0.25) is 5.02 Å². The van der Waals surface area contributed by atoms with E-state index in [-0.39, 0.29) is 5.41 Å². The van der Waals surface area contributed by atoms with Crippen LogP contribution in [-0.2, 0) is 5.41 Å². The van der Waals surface area contributed by atoms with Gasteiger partial charge in [0.25, 0.3) is 0 Å². The Morgan fingerprint density at radius 2 is 1.80 bits per heavy atom. The average Bonchev–Trinajstić information content (AvgIpc) is 2.95. The summed E-state index contributed by atoms with van der Waals surface area (Å²) in [4.78, 5) is 1.52. The average molecular weight is 365 g/mol. The van der Waals surface area contributed by atoms with Crippen LogP contribution in [0.1, 0.15) is 43.2 Å². The fourth-order valence-corrected chi connectivity index (χ4v) is 7.01. The Labute approximate surface area is 158 Å². The molecule has 126 valence electrons. The molecule has 3 aromatic carbocycles. The standard InChI is InChI=1S/C23H21ClS/c1-23-14-4-7-19(16-8-11-17(24)12-9-16)22(23)25-21-18-6-3-2-5-15(18)10-13-20(21)23/h2-3,5-6,8-13,19,22H,4,7,14H2,1H3. The molecule has 1 aliphatic heterocycles. The molecule has 25 heavy (non-hydrogen) atoms. The van der Waals surface area contributed by atoms with Crippen molar-refractivity contribution in [1.29, 1.82) is 0 Å².